The van der Waals surface area contributed by atoms with Crippen LogP contribution < -0.4 is 4.74 Å². The highest BCUT2D eigenvalue weighted by Gasteiger charge is 2.15. The number of hydrogen-bond acceptors (Lipinski definition) is 4. The van der Waals surface area contributed by atoms with Crippen LogP contribution in [0.3, 0.4) is 0 Å². The molecule has 0 amide bonds. The third kappa shape index (κ3) is 3.04. The molecule has 0 spiro atoms. The largest absolute Gasteiger partial charge is 0.470 e. The first-order valence-corrected chi connectivity index (χ1v) is 7.23. The van der Waals surface area contributed by atoms with Crippen molar-refractivity contribution in [2.24, 2.45) is 0 Å². The average Bonchev–Trinajstić information content (AvgIpc) is 2.21. The normalized spacial score (nSPS) is 18.5. The van der Waals surface area contributed by atoms with E-state index < -0.39 is 0 Å². The average molecular weight is 230 g/mol. The van der Waals surface area contributed by atoms with Gasteiger partial charge in [-0.25, -0.2) is 0 Å². The fourth-order valence-corrected chi connectivity index (χ4v) is 5.25. The number of benzene rings is 1. The van der Waals surface area contributed by atoms with Crippen molar-refractivity contribution < 1.29 is 4.74 Å². The zero-order valence-corrected chi connectivity index (χ0v) is 9.46. The van der Waals surface area contributed by atoms with Crippen LogP contribution in [0.15, 0.2) is 30.3 Å². The monoisotopic (exact) mass is 230 g/mol. The lowest BCUT2D eigenvalue weighted by atomic mass is 10.3. The Kier molecular flexibility index (Phi) is 3.76. The number of ether oxygens (including phenoxy) is 1. The van der Waals surface area contributed by atoms with Crippen molar-refractivity contribution >= 4 is 35.3 Å². The minimum absolute atomic E-state index is 0.281. The predicted octanol–water partition coefficient (Wildman–Crippen LogP) is 3.48. The van der Waals surface area contributed by atoms with Crippen LogP contribution in [0.25, 0.3) is 0 Å². The number of rotatable bonds is 2. The second-order valence-electron chi connectivity index (χ2n) is 2.49. The summed E-state index contributed by atoms with van der Waals surface area (Å²) in [5.74, 6) is 0.972. The third-order valence-electron chi connectivity index (χ3n) is 1.55. The van der Waals surface area contributed by atoms with Gasteiger partial charge < -0.3 is 4.74 Å². The topological polar surface area (TPSA) is 9.23 Å². The standard InChI is InChI=1S/C9H10OS3/c1-2-4-8(5-3-1)10-9-12-6-11-7-13-9/h1-5,9H,6-7H2. The van der Waals surface area contributed by atoms with Crippen molar-refractivity contribution in [1.29, 1.82) is 0 Å². The van der Waals surface area contributed by atoms with Crippen LogP contribution in [0.1, 0.15) is 0 Å². The van der Waals surface area contributed by atoms with Gasteiger partial charge in [0.1, 0.15) is 5.75 Å². The molecule has 0 aliphatic carbocycles. The molecule has 0 atom stereocenters. The Morgan fingerprint density at radius 1 is 1.08 bits per heavy atom. The van der Waals surface area contributed by atoms with Crippen molar-refractivity contribution in [3.63, 3.8) is 0 Å². The number of hydrogen-bond donors (Lipinski definition) is 0. The zero-order valence-electron chi connectivity index (χ0n) is 7.01. The van der Waals surface area contributed by atoms with E-state index in [-0.39, 0.29) is 4.77 Å². The van der Waals surface area contributed by atoms with Crippen molar-refractivity contribution in [2.75, 3.05) is 10.2 Å². The molecular formula is C9H10OS3. The second kappa shape index (κ2) is 5.08. The van der Waals surface area contributed by atoms with E-state index in [1.54, 1.807) is 0 Å². The summed E-state index contributed by atoms with van der Waals surface area (Å²) in [6.45, 7) is 0. The van der Waals surface area contributed by atoms with Gasteiger partial charge in [-0.15, -0.1) is 11.8 Å². The highest BCUT2D eigenvalue weighted by atomic mass is 32.3. The molecule has 0 saturated carbocycles. The summed E-state index contributed by atoms with van der Waals surface area (Å²) in [6.07, 6.45) is 0. The first-order chi connectivity index (χ1) is 6.45. The Morgan fingerprint density at radius 2 is 1.77 bits per heavy atom. The Hall–Kier alpha value is 0.0700. The summed E-state index contributed by atoms with van der Waals surface area (Å²) in [7, 11) is 0. The van der Waals surface area contributed by atoms with E-state index in [1.165, 1.54) is 0 Å². The Bertz CT molecular complexity index is 246. The van der Waals surface area contributed by atoms with Gasteiger partial charge in [-0.05, 0) is 12.1 Å². The van der Waals surface area contributed by atoms with E-state index >= 15 is 0 Å². The molecule has 1 aromatic rings. The fourth-order valence-electron chi connectivity index (χ4n) is 0.968. The Morgan fingerprint density at radius 3 is 2.46 bits per heavy atom. The van der Waals surface area contributed by atoms with Gasteiger partial charge >= 0.3 is 0 Å². The molecule has 1 aliphatic heterocycles. The lowest BCUT2D eigenvalue weighted by molar-refractivity contribution is 0.366. The molecule has 0 radical (unpaired) electrons. The van der Waals surface area contributed by atoms with Gasteiger partial charge in [0.05, 0.1) is 0 Å². The van der Waals surface area contributed by atoms with Crippen LogP contribution in [-0.4, -0.2) is 14.9 Å². The van der Waals surface area contributed by atoms with Gasteiger partial charge in [-0.2, -0.15) is 0 Å². The van der Waals surface area contributed by atoms with Gasteiger partial charge in [0.2, 0.25) is 0 Å². The van der Waals surface area contributed by atoms with E-state index in [1.807, 2.05) is 65.6 Å². The highest BCUT2D eigenvalue weighted by Crippen LogP contribution is 2.36. The maximum absolute atomic E-state index is 5.77. The summed E-state index contributed by atoms with van der Waals surface area (Å²) >= 11 is 5.68. The number of para-hydroxylation sites is 1. The molecule has 1 saturated heterocycles. The van der Waals surface area contributed by atoms with Crippen LogP contribution in [0.4, 0.5) is 0 Å². The van der Waals surface area contributed by atoms with E-state index in [9.17, 15) is 0 Å². The quantitative estimate of drug-likeness (QED) is 0.769. The maximum Gasteiger partial charge on any atom is 0.192 e. The van der Waals surface area contributed by atoms with Crippen molar-refractivity contribution in [2.45, 2.75) is 4.77 Å². The molecule has 0 aromatic heterocycles. The first kappa shape index (κ1) is 9.62. The van der Waals surface area contributed by atoms with Crippen molar-refractivity contribution in [3.05, 3.63) is 30.3 Å². The summed E-state index contributed by atoms with van der Waals surface area (Å²) < 4.78 is 6.05. The Labute approximate surface area is 91.0 Å². The Balaban J connectivity index is 1.90. The molecule has 1 fully saturated rings. The smallest absolute Gasteiger partial charge is 0.192 e. The fraction of sp³-hybridized carbons (Fsp3) is 0.333. The predicted molar refractivity (Wildman–Crippen MR) is 63.4 cm³/mol. The summed E-state index contributed by atoms with van der Waals surface area (Å²) in [6, 6.07) is 10.0. The molecule has 1 aromatic carbocycles. The minimum Gasteiger partial charge on any atom is -0.470 e. The highest BCUT2D eigenvalue weighted by molar-refractivity contribution is 8.32. The van der Waals surface area contributed by atoms with Crippen molar-refractivity contribution in [1.82, 2.24) is 0 Å². The minimum atomic E-state index is 0.281. The molecule has 13 heavy (non-hydrogen) atoms. The molecule has 1 nitrogen and oxygen atoms in total. The summed E-state index contributed by atoms with van der Waals surface area (Å²) in [5.41, 5.74) is 0. The lowest BCUT2D eigenvalue weighted by Gasteiger charge is -2.21. The molecule has 0 bridgehead atoms. The second-order valence-corrected chi connectivity index (χ2v) is 6.61. The van der Waals surface area contributed by atoms with Crippen LogP contribution >= 0.6 is 35.3 Å². The van der Waals surface area contributed by atoms with Crippen LogP contribution in [-0.2, 0) is 0 Å². The lowest BCUT2D eigenvalue weighted by Crippen LogP contribution is -2.11. The first-order valence-electron chi connectivity index (χ1n) is 3.98. The molecule has 4 heteroatoms. The third-order valence-corrected chi connectivity index (χ3v) is 5.53. The van der Waals surface area contributed by atoms with E-state index in [0.29, 0.717) is 0 Å². The van der Waals surface area contributed by atoms with E-state index in [4.69, 9.17) is 4.74 Å². The molecule has 70 valence electrons. The molecular weight excluding hydrogens is 220 g/mol. The summed E-state index contributed by atoms with van der Waals surface area (Å²) in [4.78, 5) is 0. The van der Waals surface area contributed by atoms with E-state index in [2.05, 4.69) is 0 Å². The summed E-state index contributed by atoms with van der Waals surface area (Å²) in [5, 5.41) is 2.29. The van der Waals surface area contributed by atoms with Crippen LogP contribution in [0, 0.1) is 0 Å². The SMILES string of the molecule is c1ccc(OC2SCSCS2)cc1. The zero-order chi connectivity index (χ0) is 8.93. The van der Waals surface area contributed by atoms with Gasteiger partial charge in [0.25, 0.3) is 0 Å². The van der Waals surface area contributed by atoms with Crippen LogP contribution in [0.2, 0.25) is 0 Å². The maximum atomic E-state index is 5.77. The van der Waals surface area contributed by atoms with E-state index in [0.717, 1.165) is 15.9 Å². The van der Waals surface area contributed by atoms with Gasteiger partial charge in [0, 0.05) is 10.2 Å². The van der Waals surface area contributed by atoms with Gasteiger partial charge in [-0.3, -0.25) is 0 Å². The molecule has 0 N–H and O–H groups in total. The molecule has 1 aliphatic rings. The molecule has 2 rings (SSSR count). The van der Waals surface area contributed by atoms with Crippen molar-refractivity contribution in [3.8, 4) is 5.75 Å². The number of thioether (sulfide) groups is 3. The van der Waals surface area contributed by atoms with Gasteiger partial charge in [-0.1, -0.05) is 41.7 Å². The van der Waals surface area contributed by atoms with Gasteiger partial charge in [0.15, 0.2) is 4.77 Å². The molecule has 1 heterocycles. The van der Waals surface area contributed by atoms with Crippen LogP contribution in [0.5, 0.6) is 5.75 Å². The molecule has 0 unspecified atom stereocenters.